The van der Waals surface area contributed by atoms with Gasteiger partial charge in [0.2, 0.25) is 10.0 Å². The maximum atomic E-state index is 12.1. The van der Waals surface area contributed by atoms with Crippen LogP contribution in [-0.2, 0) is 19.6 Å². The minimum atomic E-state index is -4.27. The van der Waals surface area contributed by atoms with Crippen LogP contribution >= 0.6 is 0 Å². The number of carbonyl (C=O) groups excluding carboxylic acids is 1. The highest BCUT2D eigenvalue weighted by molar-refractivity contribution is 7.89. The number of nitro groups is 1. The second-order valence-corrected chi connectivity index (χ2v) is 5.34. The van der Waals surface area contributed by atoms with Crippen LogP contribution in [0.15, 0.2) is 29.2 Å². The molecule has 0 bridgehead atoms. The number of esters is 1. The zero-order chi connectivity index (χ0) is 15.3. The molecule has 9 nitrogen and oxygen atoms in total. The minimum absolute atomic E-state index is 0.341. The van der Waals surface area contributed by atoms with Gasteiger partial charge in [0.1, 0.15) is 6.04 Å². The topological polar surface area (TPSA) is 142 Å². The minimum Gasteiger partial charge on any atom is -0.468 e. The summed E-state index contributed by atoms with van der Waals surface area (Å²) in [5, 5.41) is 10.8. The lowest BCUT2D eigenvalue weighted by Crippen LogP contribution is -2.46. The van der Waals surface area contributed by atoms with E-state index in [4.69, 9.17) is 5.73 Å². The number of carbonyl (C=O) groups is 1. The van der Waals surface area contributed by atoms with E-state index < -0.39 is 37.5 Å². The Labute approximate surface area is 114 Å². The Balaban J connectivity index is 3.18. The number of ether oxygens (including phenoxy) is 1. The summed E-state index contributed by atoms with van der Waals surface area (Å²) in [6.45, 7) is -0.341. The van der Waals surface area contributed by atoms with Crippen LogP contribution < -0.4 is 10.5 Å². The number of nitro benzene ring substituents is 1. The molecule has 0 heterocycles. The summed E-state index contributed by atoms with van der Waals surface area (Å²) in [6.07, 6.45) is 0. The Kier molecular flexibility index (Phi) is 5.13. The van der Waals surface area contributed by atoms with E-state index in [2.05, 4.69) is 4.74 Å². The molecule has 1 aromatic carbocycles. The normalized spacial score (nSPS) is 12.7. The summed E-state index contributed by atoms with van der Waals surface area (Å²) < 4.78 is 30.5. The van der Waals surface area contributed by atoms with Crippen LogP contribution in [0, 0.1) is 10.1 Å². The molecule has 1 atom stereocenters. The third kappa shape index (κ3) is 3.50. The van der Waals surface area contributed by atoms with E-state index in [1.165, 1.54) is 12.1 Å². The van der Waals surface area contributed by atoms with E-state index in [1.54, 1.807) is 0 Å². The Morgan fingerprint density at radius 2 is 2.10 bits per heavy atom. The lowest BCUT2D eigenvalue weighted by atomic mass is 10.3. The summed E-state index contributed by atoms with van der Waals surface area (Å²) in [4.78, 5) is 20.7. The molecule has 0 spiro atoms. The van der Waals surface area contributed by atoms with E-state index in [9.17, 15) is 23.3 Å². The smallest absolute Gasteiger partial charge is 0.325 e. The first-order valence-electron chi connectivity index (χ1n) is 5.37. The van der Waals surface area contributed by atoms with Crippen LogP contribution in [0.1, 0.15) is 0 Å². The number of methoxy groups -OCH3 is 1. The van der Waals surface area contributed by atoms with Gasteiger partial charge in [-0.2, -0.15) is 4.72 Å². The van der Waals surface area contributed by atoms with E-state index in [0.717, 1.165) is 19.2 Å². The molecule has 3 N–H and O–H groups in total. The molecule has 0 fully saturated rings. The molecule has 0 aliphatic rings. The molecule has 0 aliphatic heterocycles. The summed E-state index contributed by atoms with van der Waals surface area (Å²) in [5.41, 5.74) is 4.67. The third-order valence-corrected chi connectivity index (χ3v) is 3.89. The summed E-state index contributed by atoms with van der Waals surface area (Å²) in [7, 11) is -3.20. The predicted molar refractivity (Wildman–Crippen MR) is 68.3 cm³/mol. The number of nitrogens with one attached hydrogen (secondary N) is 1. The van der Waals surface area contributed by atoms with E-state index in [0.29, 0.717) is 0 Å². The fourth-order valence-corrected chi connectivity index (χ4v) is 2.79. The second-order valence-electron chi connectivity index (χ2n) is 3.66. The van der Waals surface area contributed by atoms with Crippen LogP contribution in [0.25, 0.3) is 0 Å². The highest BCUT2D eigenvalue weighted by Crippen LogP contribution is 2.22. The van der Waals surface area contributed by atoms with Gasteiger partial charge >= 0.3 is 5.97 Å². The van der Waals surface area contributed by atoms with Gasteiger partial charge in [-0.25, -0.2) is 8.42 Å². The molecule has 10 heteroatoms. The molecule has 20 heavy (non-hydrogen) atoms. The maximum Gasteiger partial charge on any atom is 0.325 e. The highest BCUT2D eigenvalue weighted by atomic mass is 32.2. The number of sulfonamides is 1. The number of benzene rings is 1. The largest absolute Gasteiger partial charge is 0.468 e. The van der Waals surface area contributed by atoms with Crippen molar-refractivity contribution in [2.24, 2.45) is 5.73 Å². The quantitative estimate of drug-likeness (QED) is 0.405. The Bertz CT molecular complexity index is 615. The summed E-state index contributed by atoms with van der Waals surface area (Å²) in [5.74, 6) is -0.880. The maximum absolute atomic E-state index is 12.1. The van der Waals surface area contributed by atoms with E-state index >= 15 is 0 Å². The fraction of sp³-hybridized carbons (Fsp3) is 0.300. The molecular formula is C10H13N3O6S. The molecule has 0 aromatic heterocycles. The molecule has 0 aliphatic carbocycles. The highest BCUT2D eigenvalue weighted by Gasteiger charge is 2.30. The molecule has 0 amide bonds. The fourth-order valence-electron chi connectivity index (χ4n) is 1.42. The standard InChI is InChI=1S/C10H13N3O6S/c1-19-10(14)7(6-11)12-20(17,18)9-5-3-2-4-8(9)13(15)16/h2-5,7,12H,6,11H2,1H3/t7-/m0/s1. The third-order valence-electron chi connectivity index (χ3n) is 2.37. The number of rotatable bonds is 6. The van der Waals surface area contributed by atoms with Gasteiger partial charge in [0, 0.05) is 12.6 Å². The van der Waals surface area contributed by atoms with Gasteiger partial charge in [0.25, 0.3) is 5.69 Å². The van der Waals surface area contributed by atoms with Crippen molar-refractivity contribution in [1.82, 2.24) is 4.72 Å². The second kappa shape index (κ2) is 6.41. The van der Waals surface area contributed by atoms with Crippen LogP contribution in [-0.4, -0.2) is 39.0 Å². The average molecular weight is 303 g/mol. The molecule has 0 saturated heterocycles. The molecule has 110 valence electrons. The van der Waals surface area contributed by atoms with Gasteiger partial charge in [-0.05, 0) is 6.07 Å². The van der Waals surface area contributed by atoms with E-state index in [-0.39, 0.29) is 6.54 Å². The van der Waals surface area contributed by atoms with Crippen molar-refractivity contribution >= 4 is 21.7 Å². The monoisotopic (exact) mass is 303 g/mol. The van der Waals surface area contributed by atoms with E-state index in [1.807, 2.05) is 4.72 Å². The lowest BCUT2D eigenvalue weighted by molar-refractivity contribution is -0.387. The first-order valence-corrected chi connectivity index (χ1v) is 6.85. The van der Waals surface area contributed by atoms with Gasteiger partial charge in [-0.3, -0.25) is 14.9 Å². The van der Waals surface area contributed by atoms with Crippen LogP contribution in [0.2, 0.25) is 0 Å². The van der Waals surface area contributed by atoms with Crippen molar-refractivity contribution in [3.63, 3.8) is 0 Å². The van der Waals surface area contributed by atoms with Gasteiger partial charge in [0.15, 0.2) is 4.90 Å². The van der Waals surface area contributed by atoms with Crippen molar-refractivity contribution in [1.29, 1.82) is 0 Å². The van der Waals surface area contributed by atoms with Crippen molar-refractivity contribution in [3.8, 4) is 0 Å². The van der Waals surface area contributed by atoms with Crippen LogP contribution in [0.5, 0.6) is 0 Å². The Hall–Kier alpha value is -2.04. The average Bonchev–Trinajstić information content (AvgIpc) is 2.43. The molecule has 0 unspecified atom stereocenters. The number of para-hydroxylation sites is 1. The lowest BCUT2D eigenvalue weighted by Gasteiger charge is -2.14. The van der Waals surface area contributed by atoms with Crippen LogP contribution in [0.3, 0.4) is 0 Å². The molecule has 0 saturated carbocycles. The predicted octanol–water partition coefficient (Wildman–Crippen LogP) is -0.627. The first-order chi connectivity index (χ1) is 9.33. The number of hydrogen-bond acceptors (Lipinski definition) is 7. The van der Waals surface area contributed by atoms with Gasteiger partial charge < -0.3 is 10.5 Å². The SMILES string of the molecule is COC(=O)[C@H](CN)NS(=O)(=O)c1ccccc1[N+](=O)[O-]. The Morgan fingerprint density at radius 1 is 1.50 bits per heavy atom. The molecule has 0 radical (unpaired) electrons. The van der Waals surface area contributed by atoms with Gasteiger partial charge in [-0.15, -0.1) is 0 Å². The zero-order valence-corrected chi connectivity index (χ0v) is 11.3. The van der Waals surface area contributed by atoms with Gasteiger partial charge in [0.05, 0.1) is 12.0 Å². The van der Waals surface area contributed by atoms with Crippen molar-refractivity contribution in [3.05, 3.63) is 34.4 Å². The number of nitrogens with two attached hydrogens (primary N) is 1. The van der Waals surface area contributed by atoms with Crippen LogP contribution in [0.4, 0.5) is 5.69 Å². The molecule has 1 aromatic rings. The van der Waals surface area contributed by atoms with Crippen molar-refractivity contribution in [2.45, 2.75) is 10.9 Å². The zero-order valence-electron chi connectivity index (χ0n) is 10.5. The van der Waals surface area contributed by atoms with Crippen molar-refractivity contribution in [2.75, 3.05) is 13.7 Å². The Morgan fingerprint density at radius 3 is 2.60 bits per heavy atom. The number of nitrogens with zero attached hydrogens (tertiary/aromatic N) is 1. The number of hydrogen-bond donors (Lipinski definition) is 2. The first kappa shape index (κ1) is 16.0. The summed E-state index contributed by atoms with van der Waals surface area (Å²) >= 11 is 0. The molecular weight excluding hydrogens is 290 g/mol. The van der Waals surface area contributed by atoms with Gasteiger partial charge in [-0.1, -0.05) is 12.1 Å². The summed E-state index contributed by atoms with van der Waals surface area (Å²) in [6, 6.07) is 3.45. The van der Waals surface area contributed by atoms with Crippen molar-refractivity contribution < 1.29 is 22.9 Å². The molecule has 1 rings (SSSR count).